The summed E-state index contributed by atoms with van der Waals surface area (Å²) >= 11 is 1.87. The Labute approximate surface area is 350 Å². The number of hydrogen-bond donors (Lipinski definition) is 0. The van der Waals surface area contributed by atoms with Gasteiger partial charge in [0.25, 0.3) is 0 Å². The van der Waals surface area contributed by atoms with Gasteiger partial charge in [-0.15, -0.1) is 11.3 Å². The van der Waals surface area contributed by atoms with Crippen LogP contribution in [0.15, 0.2) is 212 Å². The van der Waals surface area contributed by atoms with Crippen LogP contribution in [0, 0.1) is 0 Å². The van der Waals surface area contributed by atoms with Crippen LogP contribution in [0.1, 0.15) is 25.0 Å². The number of nitrogens with zero attached hydrogens (tertiary/aromatic N) is 1. The van der Waals surface area contributed by atoms with Crippen molar-refractivity contribution in [2.24, 2.45) is 0 Å². The fourth-order valence-electron chi connectivity index (χ4n) is 9.16. The van der Waals surface area contributed by atoms with Crippen molar-refractivity contribution in [3.63, 3.8) is 0 Å². The van der Waals surface area contributed by atoms with E-state index in [1.165, 1.54) is 86.9 Å². The third-order valence-corrected chi connectivity index (χ3v) is 13.4. The van der Waals surface area contributed by atoms with Crippen LogP contribution in [0.5, 0.6) is 0 Å². The van der Waals surface area contributed by atoms with Gasteiger partial charge < -0.3 is 4.90 Å². The summed E-state index contributed by atoms with van der Waals surface area (Å²) in [7, 11) is 0. The lowest BCUT2D eigenvalue weighted by molar-refractivity contribution is 0.660. The maximum absolute atomic E-state index is 2.40. The summed E-state index contributed by atoms with van der Waals surface area (Å²) < 4.78 is 2.65. The summed E-state index contributed by atoms with van der Waals surface area (Å²) in [6, 6.07) is 78.0. The molecule has 0 fully saturated rings. The summed E-state index contributed by atoms with van der Waals surface area (Å²) in [5.41, 5.74) is 18.5. The standard InChI is InChI=1S/C57H41NS/c1-57(2)53-33-26-43(35-52(53)49-31-24-44(36-54(49)57)39-14-7-4-8-15-39)40-20-27-46(28-21-40)58(48-17-11-16-42(34-48)38-12-5-3-6-13-38)47-29-22-41(23-30-47)45-25-32-51-50-18-9-10-19-55(50)59-56(51)37-45/h3-37H,1-2H3. The normalized spacial score (nSPS) is 12.7. The molecule has 0 radical (unpaired) electrons. The Morgan fingerprint density at radius 1 is 0.322 bits per heavy atom. The van der Waals surface area contributed by atoms with Crippen molar-refractivity contribution in [1.82, 2.24) is 0 Å². The lowest BCUT2D eigenvalue weighted by atomic mass is 9.81. The molecule has 1 heterocycles. The number of rotatable bonds is 7. The summed E-state index contributed by atoms with van der Waals surface area (Å²) in [4.78, 5) is 2.38. The van der Waals surface area contributed by atoms with Gasteiger partial charge in [0, 0.05) is 42.6 Å². The number of fused-ring (bicyclic) bond motifs is 6. The van der Waals surface area contributed by atoms with E-state index >= 15 is 0 Å². The maximum atomic E-state index is 2.40. The molecular formula is C57H41NS. The van der Waals surface area contributed by atoms with Crippen LogP contribution >= 0.6 is 11.3 Å². The molecule has 9 aromatic carbocycles. The first kappa shape index (κ1) is 35.2. The highest BCUT2D eigenvalue weighted by atomic mass is 32.1. The van der Waals surface area contributed by atoms with Crippen molar-refractivity contribution in [2.75, 3.05) is 4.90 Å². The van der Waals surface area contributed by atoms with E-state index in [9.17, 15) is 0 Å². The van der Waals surface area contributed by atoms with Gasteiger partial charge in [0.2, 0.25) is 0 Å². The van der Waals surface area contributed by atoms with E-state index in [1.54, 1.807) is 0 Å². The minimum Gasteiger partial charge on any atom is -0.310 e. The Balaban J connectivity index is 0.951. The lowest BCUT2D eigenvalue weighted by Crippen LogP contribution is -2.15. The molecule has 1 aromatic heterocycles. The molecule has 0 N–H and O–H groups in total. The predicted molar refractivity (Wildman–Crippen MR) is 253 cm³/mol. The number of thiophene rings is 1. The number of anilines is 3. The second-order valence-electron chi connectivity index (χ2n) is 16.2. The molecule has 0 atom stereocenters. The molecular weight excluding hydrogens is 731 g/mol. The number of hydrogen-bond acceptors (Lipinski definition) is 2. The summed E-state index contributed by atoms with van der Waals surface area (Å²) in [5, 5.41) is 2.65. The molecule has 59 heavy (non-hydrogen) atoms. The zero-order chi connectivity index (χ0) is 39.5. The van der Waals surface area contributed by atoms with Crippen molar-refractivity contribution in [3.8, 4) is 55.6 Å². The molecule has 0 aliphatic heterocycles. The first-order valence-electron chi connectivity index (χ1n) is 20.4. The van der Waals surface area contributed by atoms with Crippen LogP contribution < -0.4 is 4.90 Å². The molecule has 0 bridgehead atoms. The topological polar surface area (TPSA) is 3.24 Å². The summed E-state index contributed by atoms with van der Waals surface area (Å²) in [6.07, 6.45) is 0. The van der Waals surface area contributed by atoms with E-state index in [0.29, 0.717) is 0 Å². The first-order chi connectivity index (χ1) is 29.0. The van der Waals surface area contributed by atoms with Crippen LogP contribution in [0.4, 0.5) is 17.1 Å². The van der Waals surface area contributed by atoms with Crippen molar-refractivity contribution in [3.05, 3.63) is 223 Å². The fraction of sp³-hybridized carbons (Fsp3) is 0.0526. The quantitative estimate of drug-likeness (QED) is 0.156. The van der Waals surface area contributed by atoms with Gasteiger partial charge in [-0.05, 0) is 127 Å². The predicted octanol–water partition coefficient (Wildman–Crippen LogP) is 16.5. The van der Waals surface area contributed by atoms with Crippen molar-refractivity contribution < 1.29 is 0 Å². The largest absolute Gasteiger partial charge is 0.310 e. The Kier molecular flexibility index (Phi) is 8.43. The minimum absolute atomic E-state index is 0.0759. The fourth-order valence-corrected chi connectivity index (χ4v) is 10.3. The average molecular weight is 772 g/mol. The molecule has 0 spiro atoms. The first-order valence-corrected chi connectivity index (χ1v) is 21.2. The molecule has 1 aliphatic carbocycles. The number of benzene rings is 9. The van der Waals surface area contributed by atoms with Gasteiger partial charge >= 0.3 is 0 Å². The van der Waals surface area contributed by atoms with Crippen LogP contribution in [-0.2, 0) is 5.41 Å². The molecule has 0 unspecified atom stereocenters. The van der Waals surface area contributed by atoms with E-state index in [-0.39, 0.29) is 5.41 Å². The second-order valence-corrected chi connectivity index (χ2v) is 17.3. The van der Waals surface area contributed by atoms with E-state index in [2.05, 4.69) is 231 Å². The third kappa shape index (κ3) is 6.16. The molecule has 0 saturated heterocycles. The molecule has 1 aliphatic rings. The highest BCUT2D eigenvalue weighted by Crippen LogP contribution is 2.51. The van der Waals surface area contributed by atoms with Crippen LogP contribution in [0.25, 0.3) is 75.8 Å². The molecule has 2 heteroatoms. The second kappa shape index (κ2) is 14.1. The summed E-state index contributed by atoms with van der Waals surface area (Å²) in [5.74, 6) is 0. The van der Waals surface area contributed by atoms with Gasteiger partial charge in [0.15, 0.2) is 0 Å². The maximum Gasteiger partial charge on any atom is 0.0467 e. The molecule has 1 nitrogen and oxygen atoms in total. The highest BCUT2D eigenvalue weighted by molar-refractivity contribution is 7.25. The van der Waals surface area contributed by atoms with Gasteiger partial charge in [-0.2, -0.15) is 0 Å². The van der Waals surface area contributed by atoms with Gasteiger partial charge in [0.1, 0.15) is 0 Å². The van der Waals surface area contributed by atoms with E-state index in [1.807, 2.05) is 11.3 Å². The highest BCUT2D eigenvalue weighted by Gasteiger charge is 2.35. The Morgan fingerprint density at radius 3 is 1.53 bits per heavy atom. The van der Waals surface area contributed by atoms with Gasteiger partial charge in [0.05, 0.1) is 0 Å². The average Bonchev–Trinajstić information content (AvgIpc) is 3.78. The van der Waals surface area contributed by atoms with Crippen LogP contribution in [-0.4, -0.2) is 0 Å². The van der Waals surface area contributed by atoms with Crippen molar-refractivity contribution in [2.45, 2.75) is 19.3 Å². The van der Waals surface area contributed by atoms with E-state index in [4.69, 9.17) is 0 Å². The third-order valence-electron chi connectivity index (χ3n) is 12.3. The van der Waals surface area contributed by atoms with Gasteiger partial charge in [-0.3, -0.25) is 0 Å². The van der Waals surface area contributed by atoms with Crippen molar-refractivity contribution >= 4 is 48.6 Å². The zero-order valence-electron chi connectivity index (χ0n) is 33.1. The SMILES string of the molecule is CC1(C)c2ccc(-c3ccc(N(c4ccc(-c5ccc6c(c5)sc5ccccc56)cc4)c4cccc(-c5ccccc5)c4)cc3)cc2-c2ccc(-c3ccccc3)cc21. The molecule has 10 aromatic rings. The lowest BCUT2D eigenvalue weighted by Gasteiger charge is -2.26. The van der Waals surface area contributed by atoms with E-state index < -0.39 is 0 Å². The monoisotopic (exact) mass is 771 g/mol. The minimum atomic E-state index is -0.0759. The van der Waals surface area contributed by atoms with E-state index in [0.717, 1.165) is 17.1 Å². The summed E-state index contributed by atoms with van der Waals surface area (Å²) in [6.45, 7) is 4.72. The van der Waals surface area contributed by atoms with Gasteiger partial charge in [-0.25, -0.2) is 0 Å². The zero-order valence-corrected chi connectivity index (χ0v) is 33.9. The van der Waals surface area contributed by atoms with Crippen LogP contribution in [0.2, 0.25) is 0 Å². The molecule has 11 rings (SSSR count). The Bertz CT molecular complexity index is 3160. The Hall–Kier alpha value is -7.00. The molecule has 0 amide bonds. The van der Waals surface area contributed by atoms with Crippen LogP contribution in [0.3, 0.4) is 0 Å². The van der Waals surface area contributed by atoms with Gasteiger partial charge in [-0.1, -0.05) is 166 Å². The molecule has 0 saturated carbocycles. The molecule has 280 valence electrons. The van der Waals surface area contributed by atoms with Crippen molar-refractivity contribution in [1.29, 1.82) is 0 Å². The Morgan fingerprint density at radius 2 is 0.831 bits per heavy atom. The smallest absolute Gasteiger partial charge is 0.0467 e.